The van der Waals surface area contributed by atoms with Crippen LogP contribution in [0, 0.1) is 3.57 Å². The largest absolute Gasteiger partial charge is 0.309 e. The molecule has 4 aromatic carbocycles. The van der Waals surface area contributed by atoms with Crippen LogP contribution in [0.25, 0.3) is 38.3 Å². The lowest BCUT2D eigenvalue weighted by molar-refractivity contribution is 1.19. The topological polar surface area (TPSA) is 4.93 Å². The summed E-state index contributed by atoms with van der Waals surface area (Å²) in [5.41, 5.74) is 3.76. The molecule has 0 saturated heterocycles. The Morgan fingerprint density at radius 1 is 0.625 bits per heavy atom. The molecule has 1 aromatic heterocycles. The van der Waals surface area contributed by atoms with E-state index in [-0.39, 0.29) is 0 Å². The number of benzene rings is 4. The minimum atomic E-state index is 1.20. The van der Waals surface area contributed by atoms with Crippen molar-refractivity contribution < 1.29 is 0 Å². The van der Waals surface area contributed by atoms with E-state index in [1.807, 2.05) is 0 Å². The molecule has 0 aliphatic heterocycles. The Morgan fingerprint density at radius 3 is 2.29 bits per heavy atom. The third kappa shape index (κ3) is 1.93. The molecule has 0 aliphatic carbocycles. The molecule has 0 radical (unpaired) electrons. The predicted molar refractivity (Wildman–Crippen MR) is 111 cm³/mol. The molecule has 0 fully saturated rings. The van der Waals surface area contributed by atoms with E-state index in [4.69, 9.17) is 0 Å². The second-order valence-electron chi connectivity index (χ2n) is 5.99. The Kier molecular flexibility index (Phi) is 3.13. The quantitative estimate of drug-likeness (QED) is 0.272. The fourth-order valence-corrected chi connectivity index (χ4v) is 4.40. The van der Waals surface area contributed by atoms with Gasteiger partial charge in [0.2, 0.25) is 0 Å². The Labute approximate surface area is 153 Å². The first kappa shape index (κ1) is 14.1. The van der Waals surface area contributed by atoms with E-state index < -0.39 is 0 Å². The number of hydrogen-bond acceptors (Lipinski definition) is 0. The highest BCUT2D eigenvalue weighted by Crippen LogP contribution is 2.38. The summed E-state index contributed by atoms with van der Waals surface area (Å²) >= 11 is 2.45. The van der Waals surface area contributed by atoms with Crippen LogP contribution in [0.3, 0.4) is 0 Å². The van der Waals surface area contributed by atoms with Gasteiger partial charge in [0.1, 0.15) is 0 Å². The van der Waals surface area contributed by atoms with E-state index in [1.54, 1.807) is 0 Å². The van der Waals surface area contributed by atoms with Crippen LogP contribution in [-0.2, 0) is 0 Å². The van der Waals surface area contributed by atoms with Gasteiger partial charge < -0.3 is 4.57 Å². The second kappa shape index (κ2) is 5.35. The highest BCUT2D eigenvalue weighted by Gasteiger charge is 2.16. The van der Waals surface area contributed by atoms with Crippen molar-refractivity contribution >= 4 is 55.2 Å². The van der Waals surface area contributed by atoms with Crippen molar-refractivity contribution in [2.75, 3.05) is 0 Å². The van der Waals surface area contributed by atoms with Crippen molar-refractivity contribution in [2.45, 2.75) is 0 Å². The fourth-order valence-electron chi connectivity index (χ4n) is 3.63. The average molecular weight is 419 g/mol. The Balaban J connectivity index is 2.12. The highest BCUT2D eigenvalue weighted by molar-refractivity contribution is 14.1. The van der Waals surface area contributed by atoms with Crippen molar-refractivity contribution in [1.82, 2.24) is 4.57 Å². The van der Waals surface area contributed by atoms with Crippen LogP contribution in [0.15, 0.2) is 84.9 Å². The van der Waals surface area contributed by atoms with Crippen LogP contribution in [0.2, 0.25) is 0 Å². The maximum Gasteiger partial charge on any atom is 0.0619 e. The van der Waals surface area contributed by atoms with Crippen LogP contribution in [-0.4, -0.2) is 4.57 Å². The van der Waals surface area contributed by atoms with Crippen molar-refractivity contribution in [3.63, 3.8) is 0 Å². The summed E-state index contributed by atoms with van der Waals surface area (Å²) < 4.78 is 3.69. The first-order valence-corrected chi connectivity index (χ1v) is 9.08. The molecule has 24 heavy (non-hydrogen) atoms. The number of aromatic nitrogens is 1. The number of para-hydroxylation sites is 1. The predicted octanol–water partition coefficient (Wildman–Crippen LogP) is 6.54. The standard InChI is InChI=1S/C22H14IN/c23-19-11-6-12-20-21(19)18-14-13-15-7-4-5-10-17(15)22(18)24(20)16-8-2-1-3-9-16/h1-14H. The summed E-state index contributed by atoms with van der Waals surface area (Å²) in [6.07, 6.45) is 0. The van der Waals surface area contributed by atoms with Gasteiger partial charge in [-0.1, -0.05) is 60.7 Å². The molecule has 0 unspecified atom stereocenters. The van der Waals surface area contributed by atoms with Gasteiger partial charge in [0.05, 0.1) is 11.0 Å². The third-order valence-corrected chi connectivity index (χ3v) is 5.54. The van der Waals surface area contributed by atoms with Gasteiger partial charge in [-0.3, -0.25) is 0 Å². The Hall–Kier alpha value is -2.33. The van der Waals surface area contributed by atoms with Crippen LogP contribution in [0.1, 0.15) is 0 Å². The maximum atomic E-state index is 2.45. The van der Waals surface area contributed by atoms with Crippen molar-refractivity contribution in [1.29, 1.82) is 0 Å². The Bertz CT molecular complexity index is 1200. The minimum absolute atomic E-state index is 1.20. The summed E-state index contributed by atoms with van der Waals surface area (Å²) in [5, 5.41) is 5.23. The van der Waals surface area contributed by atoms with Crippen LogP contribution in [0.4, 0.5) is 0 Å². The lowest BCUT2D eigenvalue weighted by Crippen LogP contribution is -1.93. The van der Waals surface area contributed by atoms with Crippen LogP contribution < -0.4 is 0 Å². The van der Waals surface area contributed by atoms with Gasteiger partial charge in [-0.05, 0) is 52.2 Å². The highest BCUT2D eigenvalue weighted by atomic mass is 127. The zero-order valence-electron chi connectivity index (χ0n) is 12.9. The average Bonchev–Trinajstić information content (AvgIpc) is 2.98. The van der Waals surface area contributed by atoms with E-state index in [2.05, 4.69) is 112 Å². The molecule has 5 rings (SSSR count). The molecule has 0 N–H and O–H groups in total. The van der Waals surface area contributed by atoms with Crippen molar-refractivity contribution in [2.24, 2.45) is 0 Å². The lowest BCUT2D eigenvalue weighted by Gasteiger charge is -2.09. The second-order valence-corrected chi connectivity index (χ2v) is 7.15. The number of rotatable bonds is 1. The molecule has 0 spiro atoms. The van der Waals surface area contributed by atoms with Gasteiger partial charge in [0.15, 0.2) is 0 Å². The number of halogens is 1. The number of hydrogen-bond donors (Lipinski definition) is 0. The van der Waals surface area contributed by atoms with Gasteiger partial charge in [-0.15, -0.1) is 0 Å². The van der Waals surface area contributed by atoms with Gasteiger partial charge >= 0.3 is 0 Å². The van der Waals surface area contributed by atoms with Crippen molar-refractivity contribution in [3.05, 3.63) is 88.5 Å². The van der Waals surface area contributed by atoms with E-state index >= 15 is 0 Å². The number of nitrogens with zero attached hydrogens (tertiary/aromatic N) is 1. The van der Waals surface area contributed by atoms with E-state index in [9.17, 15) is 0 Å². The van der Waals surface area contributed by atoms with Crippen LogP contribution >= 0.6 is 22.6 Å². The smallest absolute Gasteiger partial charge is 0.0619 e. The summed E-state index contributed by atoms with van der Waals surface area (Å²) in [6.45, 7) is 0. The summed E-state index contributed by atoms with van der Waals surface area (Å²) in [6, 6.07) is 30.3. The van der Waals surface area contributed by atoms with Crippen molar-refractivity contribution in [3.8, 4) is 5.69 Å². The van der Waals surface area contributed by atoms with E-state index in [0.29, 0.717) is 0 Å². The van der Waals surface area contributed by atoms with Gasteiger partial charge in [0, 0.05) is 25.4 Å². The molecule has 0 bridgehead atoms. The van der Waals surface area contributed by atoms with Gasteiger partial charge in [-0.2, -0.15) is 0 Å². The number of fused-ring (bicyclic) bond motifs is 5. The summed E-state index contributed by atoms with van der Waals surface area (Å²) in [5.74, 6) is 0. The molecular weight excluding hydrogens is 405 g/mol. The molecule has 0 atom stereocenters. The molecule has 0 aliphatic rings. The minimum Gasteiger partial charge on any atom is -0.309 e. The van der Waals surface area contributed by atoms with Gasteiger partial charge in [-0.25, -0.2) is 0 Å². The van der Waals surface area contributed by atoms with E-state index in [0.717, 1.165) is 0 Å². The molecule has 114 valence electrons. The maximum absolute atomic E-state index is 2.45. The molecular formula is C22H14IN. The SMILES string of the molecule is Ic1cccc2c1c1ccc3ccccc3c1n2-c1ccccc1. The summed E-state index contributed by atoms with van der Waals surface area (Å²) in [7, 11) is 0. The molecule has 0 amide bonds. The monoisotopic (exact) mass is 419 g/mol. The normalized spacial score (nSPS) is 11.5. The zero-order chi connectivity index (χ0) is 16.1. The Morgan fingerprint density at radius 2 is 1.42 bits per heavy atom. The van der Waals surface area contributed by atoms with Gasteiger partial charge in [0.25, 0.3) is 0 Å². The zero-order valence-corrected chi connectivity index (χ0v) is 15.1. The fraction of sp³-hybridized carbons (Fsp3) is 0. The molecule has 1 nitrogen and oxygen atoms in total. The van der Waals surface area contributed by atoms with E-state index in [1.165, 1.54) is 41.8 Å². The first-order chi connectivity index (χ1) is 11.8. The summed E-state index contributed by atoms with van der Waals surface area (Å²) in [4.78, 5) is 0. The molecule has 5 aromatic rings. The molecule has 0 saturated carbocycles. The first-order valence-electron chi connectivity index (χ1n) is 8.00. The van der Waals surface area contributed by atoms with Crippen LogP contribution in [0.5, 0.6) is 0 Å². The molecule has 2 heteroatoms. The lowest BCUT2D eigenvalue weighted by atomic mass is 10.1. The molecule has 1 heterocycles. The third-order valence-electron chi connectivity index (χ3n) is 4.64.